The molecule has 27 heavy (non-hydrogen) atoms. The van der Waals surface area contributed by atoms with Gasteiger partial charge >= 0.3 is 0 Å². The monoisotopic (exact) mass is 366 g/mol. The van der Waals surface area contributed by atoms with Gasteiger partial charge in [-0.05, 0) is 24.1 Å². The third-order valence-electron chi connectivity index (χ3n) is 5.17. The van der Waals surface area contributed by atoms with E-state index in [-0.39, 0.29) is 6.10 Å². The number of aliphatic imine (C=N–C) groups is 1. The van der Waals surface area contributed by atoms with Crippen molar-refractivity contribution in [1.82, 2.24) is 15.2 Å². The second-order valence-corrected chi connectivity index (χ2v) is 6.94. The van der Waals surface area contributed by atoms with Gasteiger partial charge in [0.1, 0.15) is 11.9 Å². The summed E-state index contributed by atoms with van der Waals surface area (Å²) in [5, 5.41) is 3.56. The van der Waals surface area contributed by atoms with Crippen LogP contribution in [0.4, 0.5) is 0 Å². The van der Waals surface area contributed by atoms with Crippen molar-refractivity contribution in [2.45, 2.75) is 24.9 Å². The van der Waals surface area contributed by atoms with Crippen molar-refractivity contribution in [3.05, 3.63) is 54.2 Å². The van der Waals surface area contributed by atoms with Crippen LogP contribution in [-0.2, 0) is 0 Å². The van der Waals surface area contributed by atoms with Crippen LogP contribution in [0.3, 0.4) is 0 Å². The second-order valence-electron chi connectivity index (χ2n) is 6.94. The van der Waals surface area contributed by atoms with Gasteiger partial charge in [-0.2, -0.15) is 0 Å². The van der Waals surface area contributed by atoms with Crippen LogP contribution >= 0.6 is 0 Å². The summed E-state index contributed by atoms with van der Waals surface area (Å²) in [6, 6.07) is 14.1. The normalized spacial score (nSPS) is 22.1. The number of hydrogen-bond donors (Lipinski definition) is 1. The molecule has 6 nitrogen and oxygen atoms in total. The molecule has 3 heterocycles. The molecule has 142 valence electrons. The Bertz CT molecular complexity index is 781. The van der Waals surface area contributed by atoms with E-state index in [0.29, 0.717) is 11.8 Å². The number of para-hydroxylation sites is 1. The van der Waals surface area contributed by atoms with Crippen molar-refractivity contribution in [3.8, 4) is 11.6 Å². The fourth-order valence-electron chi connectivity index (χ4n) is 3.78. The van der Waals surface area contributed by atoms with Crippen molar-refractivity contribution in [2.24, 2.45) is 4.99 Å². The van der Waals surface area contributed by atoms with Gasteiger partial charge in [0, 0.05) is 44.7 Å². The molecule has 0 radical (unpaired) electrons. The van der Waals surface area contributed by atoms with Crippen LogP contribution in [0.25, 0.3) is 0 Å². The van der Waals surface area contributed by atoms with Gasteiger partial charge in [0.25, 0.3) is 0 Å². The van der Waals surface area contributed by atoms with E-state index >= 15 is 0 Å². The predicted molar refractivity (Wildman–Crippen MR) is 105 cm³/mol. The quantitative estimate of drug-likeness (QED) is 0.666. The molecular formula is C21H26N4O2. The van der Waals surface area contributed by atoms with Crippen molar-refractivity contribution in [2.75, 3.05) is 33.3 Å². The molecule has 2 aliphatic heterocycles. The van der Waals surface area contributed by atoms with Gasteiger partial charge in [-0.1, -0.05) is 24.3 Å². The van der Waals surface area contributed by atoms with E-state index in [1.165, 1.54) is 5.56 Å². The van der Waals surface area contributed by atoms with Gasteiger partial charge in [-0.3, -0.25) is 4.99 Å². The predicted octanol–water partition coefficient (Wildman–Crippen LogP) is 2.68. The Labute approximate surface area is 160 Å². The molecule has 2 aromatic rings. The van der Waals surface area contributed by atoms with Crippen molar-refractivity contribution in [3.63, 3.8) is 0 Å². The molecule has 2 atom stereocenters. The van der Waals surface area contributed by atoms with Gasteiger partial charge < -0.3 is 19.7 Å². The van der Waals surface area contributed by atoms with E-state index < -0.39 is 0 Å². The summed E-state index contributed by atoms with van der Waals surface area (Å²) in [7, 11) is 1.84. The van der Waals surface area contributed by atoms with Crippen molar-refractivity contribution < 1.29 is 9.47 Å². The fourth-order valence-corrected chi connectivity index (χ4v) is 3.78. The molecule has 1 N–H and O–H groups in total. The number of benzene rings is 1. The number of hydrogen-bond acceptors (Lipinski definition) is 4. The van der Waals surface area contributed by atoms with Crippen LogP contribution < -0.4 is 14.8 Å². The van der Waals surface area contributed by atoms with Gasteiger partial charge in [0.15, 0.2) is 5.96 Å². The minimum Gasteiger partial charge on any atom is -0.493 e. The minimum atomic E-state index is 0.141. The first-order chi connectivity index (χ1) is 13.3. The Morgan fingerprint density at radius 1 is 1.26 bits per heavy atom. The van der Waals surface area contributed by atoms with Crippen LogP contribution in [-0.4, -0.2) is 55.2 Å². The Morgan fingerprint density at radius 3 is 3.00 bits per heavy atom. The van der Waals surface area contributed by atoms with Crippen molar-refractivity contribution >= 4 is 5.96 Å². The van der Waals surface area contributed by atoms with Gasteiger partial charge in [-0.25, -0.2) is 4.98 Å². The zero-order chi connectivity index (χ0) is 18.5. The van der Waals surface area contributed by atoms with E-state index in [1.807, 2.05) is 31.3 Å². The Morgan fingerprint density at radius 2 is 2.15 bits per heavy atom. The van der Waals surface area contributed by atoms with E-state index in [9.17, 15) is 0 Å². The summed E-state index contributed by atoms with van der Waals surface area (Å²) in [6.45, 7) is 3.38. The number of rotatable bonds is 4. The molecule has 1 fully saturated rings. The maximum Gasteiger partial charge on any atom is 0.213 e. The highest BCUT2D eigenvalue weighted by molar-refractivity contribution is 5.80. The van der Waals surface area contributed by atoms with Crippen LogP contribution in [0.2, 0.25) is 0 Å². The molecule has 4 rings (SSSR count). The zero-order valence-corrected chi connectivity index (χ0v) is 15.7. The summed E-state index contributed by atoms with van der Waals surface area (Å²) in [4.78, 5) is 11.0. The molecule has 6 heteroatoms. The minimum absolute atomic E-state index is 0.141. The summed E-state index contributed by atoms with van der Waals surface area (Å²) in [5.74, 6) is 3.07. The molecular weight excluding hydrogens is 340 g/mol. The first-order valence-corrected chi connectivity index (χ1v) is 9.58. The number of ether oxygens (including phenoxy) is 2. The molecule has 0 amide bonds. The number of pyridine rings is 1. The Hall–Kier alpha value is -2.76. The fraction of sp³-hybridized carbons (Fsp3) is 0.429. The average Bonchev–Trinajstić information content (AvgIpc) is 3.17. The maximum absolute atomic E-state index is 5.99. The second kappa shape index (κ2) is 8.29. The zero-order valence-electron chi connectivity index (χ0n) is 15.7. The van der Waals surface area contributed by atoms with E-state index in [1.54, 1.807) is 6.20 Å². The third kappa shape index (κ3) is 4.15. The number of aromatic nitrogens is 1. The number of fused-ring (bicyclic) bond motifs is 1. The molecule has 1 aromatic heterocycles. The lowest BCUT2D eigenvalue weighted by molar-refractivity contribution is 0.205. The van der Waals surface area contributed by atoms with Crippen molar-refractivity contribution in [1.29, 1.82) is 0 Å². The Balaban J connectivity index is 1.33. The first kappa shape index (κ1) is 17.6. The lowest BCUT2D eigenvalue weighted by Gasteiger charge is -2.28. The summed E-state index contributed by atoms with van der Waals surface area (Å²) >= 11 is 0. The molecule has 0 spiro atoms. The van der Waals surface area contributed by atoms with Gasteiger partial charge in [-0.15, -0.1) is 0 Å². The third-order valence-corrected chi connectivity index (χ3v) is 5.17. The standard InChI is InChI=1S/C21H26N4O2/c1-22-21(24-14-16-10-13-26-19-7-3-2-6-18(16)19)25-12-9-17(15-25)27-20-8-4-5-11-23-20/h2-8,11,16-17H,9-10,12-15H2,1H3,(H,22,24). The number of likely N-dealkylation sites (tertiary alicyclic amines) is 1. The molecule has 0 saturated carbocycles. The summed E-state index contributed by atoms with van der Waals surface area (Å²) < 4.78 is 11.8. The molecule has 2 unspecified atom stereocenters. The van der Waals surface area contributed by atoms with E-state index in [2.05, 4.69) is 38.4 Å². The van der Waals surface area contributed by atoms with Crippen LogP contribution in [0.15, 0.2) is 53.7 Å². The lowest BCUT2D eigenvalue weighted by Crippen LogP contribution is -2.42. The number of nitrogens with zero attached hydrogens (tertiary/aromatic N) is 3. The highest BCUT2D eigenvalue weighted by Gasteiger charge is 2.28. The summed E-state index contributed by atoms with van der Waals surface area (Å²) in [6.07, 6.45) is 3.89. The van der Waals surface area contributed by atoms with Crippen LogP contribution in [0, 0.1) is 0 Å². The molecule has 0 bridgehead atoms. The van der Waals surface area contributed by atoms with Crippen LogP contribution in [0.5, 0.6) is 11.6 Å². The molecule has 0 aliphatic carbocycles. The van der Waals surface area contributed by atoms with E-state index in [4.69, 9.17) is 9.47 Å². The van der Waals surface area contributed by atoms with E-state index in [0.717, 1.165) is 50.8 Å². The highest BCUT2D eigenvalue weighted by atomic mass is 16.5. The maximum atomic E-state index is 5.99. The largest absolute Gasteiger partial charge is 0.493 e. The van der Waals surface area contributed by atoms with Crippen LogP contribution in [0.1, 0.15) is 24.3 Å². The average molecular weight is 366 g/mol. The van der Waals surface area contributed by atoms with Gasteiger partial charge in [0.05, 0.1) is 13.2 Å². The molecule has 2 aliphatic rings. The number of guanidine groups is 1. The smallest absolute Gasteiger partial charge is 0.213 e. The highest BCUT2D eigenvalue weighted by Crippen LogP contribution is 2.32. The Kier molecular flexibility index (Phi) is 5.42. The first-order valence-electron chi connectivity index (χ1n) is 9.58. The van der Waals surface area contributed by atoms with Gasteiger partial charge in [0.2, 0.25) is 5.88 Å². The molecule has 1 saturated heterocycles. The summed E-state index contributed by atoms with van der Waals surface area (Å²) in [5.41, 5.74) is 1.28. The molecule has 1 aromatic carbocycles. The topological polar surface area (TPSA) is 59.0 Å². The number of nitrogens with one attached hydrogen (secondary N) is 1. The SMILES string of the molecule is CN=C(NCC1CCOc2ccccc21)N1CCC(Oc2ccccn2)C1. The lowest BCUT2D eigenvalue weighted by atomic mass is 9.93.